The summed E-state index contributed by atoms with van der Waals surface area (Å²) >= 11 is 6.44. The standard InChI is InChI=1S/C35H40ClN7O2/c1-5-8-16-30-28(35(44)42(24(4)38-30)32-18-11-12-19-37-32)22-25-20-26(13-6-2)34(27(21-25)14-7-3)45-23-33-39-40-41-43(33)31-17-10-9-15-29(31)36/h9-12,15,17-21H,5-8,13-14,16,22-23H2,1-4H3. The molecule has 0 amide bonds. The molecule has 2 aromatic carbocycles. The van der Waals surface area contributed by atoms with Gasteiger partial charge in [-0.05, 0) is 84.0 Å². The Balaban J connectivity index is 1.53. The minimum absolute atomic E-state index is 0.0619. The van der Waals surface area contributed by atoms with Crippen molar-refractivity contribution in [3.05, 3.63) is 116 Å². The van der Waals surface area contributed by atoms with Gasteiger partial charge < -0.3 is 4.74 Å². The summed E-state index contributed by atoms with van der Waals surface area (Å²) in [5.41, 5.74) is 5.51. The molecule has 0 aliphatic carbocycles. The lowest BCUT2D eigenvalue weighted by atomic mass is 9.94. The molecule has 45 heavy (non-hydrogen) atoms. The van der Waals surface area contributed by atoms with Crippen molar-refractivity contribution in [2.45, 2.75) is 85.7 Å². The molecule has 0 aliphatic heterocycles. The Morgan fingerprint density at radius 3 is 2.31 bits per heavy atom. The number of unbranched alkanes of at least 4 members (excludes halogenated alkanes) is 1. The first kappa shape index (κ1) is 32.0. The van der Waals surface area contributed by atoms with Crippen molar-refractivity contribution in [1.82, 2.24) is 34.7 Å². The van der Waals surface area contributed by atoms with Crippen LogP contribution >= 0.6 is 11.6 Å². The number of nitrogens with zero attached hydrogens (tertiary/aromatic N) is 7. The fourth-order valence-corrected chi connectivity index (χ4v) is 5.89. The summed E-state index contributed by atoms with van der Waals surface area (Å²) in [5, 5.41) is 12.8. The number of hydrogen-bond donors (Lipinski definition) is 0. The van der Waals surface area contributed by atoms with Gasteiger partial charge in [-0.25, -0.2) is 14.5 Å². The fourth-order valence-electron chi connectivity index (χ4n) is 5.67. The van der Waals surface area contributed by atoms with Crippen molar-refractivity contribution in [3.63, 3.8) is 0 Å². The van der Waals surface area contributed by atoms with Gasteiger partial charge >= 0.3 is 0 Å². The monoisotopic (exact) mass is 625 g/mol. The van der Waals surface area contributed by atoms with Crippen LogP contribution in [0.3, 0.4) is 0 Å². The molecule has 3 aromatic heterocycles. The normalized spacial score (nSPS) is 11.2. The van der Waals surface area contributed by atoms with E-state index < -0.39 is 0 Å². The van der Waals surface area contributed by atoms with Gasteiger partial charge in [-0.15, -0.1) is 5.10 Å². The lowest BCUT2D eigenvalue weighted by Gasteiger charge is -2.19. The van der Waals surface area contributed by atoms with E-state index in [0.717, 1.165) is 78.6 Å². The molecule has 0 saturated heterocycles. The van der Waals surface area contributed by atoms with Crippen molar-refractivity contribution in [1.29, 1.82) is 0 Å². The van der Waals surface area contributed by atoms with Crippen LogP contribution in [-0.4, -0.2) is 34.7 Å². The summed E-state index contributed by atoms with van der Waals surface area (Å²) in [6, 6.07) is 17.4. The van der Waals surface area contributed by atoms with Gasteiger partial charge in [-0.3, -0.25) is 4.79 Å². The lowest BCUT2D eigenvalue weighted by molar-refractivity contribution is 0.286. The number of ether oxygens (including phenoxy) is 1. The van der Waals surface area contributed by atoms with E-state index in [9.17, 15) is 4.79 Å². The summed E-state index contributed by atoms with van der Waals surface area (Å²) in [5.74, 6) is 2.64. The zero-order valence-corrected chi connectivity index (χ0v) is 27.2. The van der Waals surface area contributed by atoms with Gasteiger partial charge in [0.15, 0.2) is 5.82 Å². The molecule has 0 atom stereocenters. The number of rotatable bonds is 14. The van der Waals surface area contributed by atoms with Gasteiger partial charge in [-0.2, -0.15) is 4.68 Å². The number of tetrazole rings is 1. The van der Waals surface area contributed by atoms with Crippen LogP contribution in [0.4, 0.5) is 0 Å². The Morgan fingerprint density at radius 1 is 0.911 bits per heavy atom. The summed E-state index contributed by atoms with van der Waals surface area (Å²) in [7, 11) is 0. The van der Waals surface area contributed by atoms with Crippen LogP contribution in [0.25, 0.3) is 11.5 Å². The topological polar surface area (TPSA) is 101 Å². The lowest BCUT2D eigenvalue weighted by Crippen LogP contribution is -2.29. The van der Waals surface area contributed by atoms with Gasteiger partial charge in [0.1, 0.15) is 24.0 Å². The van der Waals surface area contributed by atoms with Crippen molar-refractivity contribution in [3.8, 4) is 17.3 Å². The first-order chi connectivity index (χ1) is 21.9. The molecule has 0 aliphatic rings. The van der Waals surface area contributed by atoms with Crippen LogP contribution in [0.15, 0.2) is 65.6 Å². The molecule has 0 bridgehead atoms. The average Bonchev–Trinajstić information content (AvgIpc) is 3.50. The zero-order valence-electron chi connectivity index (χ0n) is 26.5. The SMILES string of the molecule is CCCCc1nc(C)n(-c2ccccn2)c(=O)c1Cc1cc(CCC)c(OCc2nnnn2-c2ccccc2Cl)c(CCC)c1. The Hall–Kier alpha value is -4.37. The number of hydrogen-bond acceptors (Lipinski definition) is 7. The zero-order chi connectivity index (χ0) is 31.8. The minimum Gasteiger partial charge on any atom is -0.485 e. The maximum absolute atomic E-state index is 14.1. The molecular weight excluding hydrogens is 586 g/mol. The summed E-state index contributed by atoms with van der Waals surface area (Å²) < 4.78 is 9.77. The molecule has 0 radical (unpaired) electrons. The summed E-state index contributed by atoms with van der Waals surface area (Å²) in [4.78, 5) is 23.5. The summed E-state index contributed by atoms with van der Waals surface area (Å²) in [6.07, 6.45) is 8.50. The highest BCUT2D eigenvalue weighted by Crippen LogP contribution is 2.31. The maximum Gasteiger partial charge on any atom is 0.263 e. The van der Waals surface area contributed by atoms with Crippen molar-refractivity contribution in [2.75, 3.05) is 0 Å². The maximum atomic E-state index is 14.1. The van der Waals surface area contributed by atoms with Crippen LogP contribution in [0.5, 0.6) is 5.75 Å². The number of benzene rings is 2. The Labute approximate surface area is 269 Å². The van der Waals surface area contributed by atoms with E-state index in [-0.39, 0.29) is 12.2 Å². The van der Waals surface area contributed by atoms with E-state index in [1.807, 2.05) is 49.4 Å². The minimum atomic E-state index is -0.0619. The molecule has 0 unspecified atom stereocenters. The molecule has 10 heteroatoms. The second-order valence-corrected chi connectivity index (χ2v) is 11.6. The summed E-state index contributed by atoms with van der Waals surface area (Å²) in [6.45, 7) is 8.53. The van der Waals surface area contributed by atoms with Crippen LogP contribution in [0, 0.1) is 6.92 Å². The second-order valence-electron chi connectivity index (χ2n) is 11.2. The quantitative estimate of drug-likeness (QED) is 0.131. The van der Waals surface area contributed by atoms with E-state index >= 15 is 0 Å². The number of aryl methyl sites for hydroxylation is 4. The molecule has 0 saturated carbocycles. The van der Waals surface area contributed by atoms with E-state index in [1.54, 1.807) is 15.4 Å². The van der Waals surface area contributed by atoms with Gasteiger partial charge in [0.05, 0.1) is 16.4 Å². The molecule has 234 valence electrons. The molecule has 5 rings (SSSR count). The molecule has 0 N–H and O–H groups in total. The predicted molar refractivity (Wildman–Crippen MR) is 177 cm³/mol. The molecule has 0 spiro atoms. The third-order valence-corrected chi connectivity index (χ3v) is 8.08. The number of halogens is 1. The smallest absolute Gasteiger partial charge is 0.263 e. The largest absolute Gasteiger partial charge is 0.485 e. The molecular formula is C35H40ClN7O2. The van der Waals surface area contributed by atoms with Gasteiger partial charge in [0.25, 0.3) is 5.56 Å². The van der Waals surface area contributed by atoms with Crippen LogP contribution in [-0.2, 0) is 32.3 Å². The Bertz CT molecular complexity index is 1770. The first-order valence-corrected chi connectivity index (χ1v) is 16.1. The highest BCUT2D eigenvalue weighted by Gasteiger charge is 2.20. The number of aromatic nitrogens is 7. The van der Waals surface area contributed by atoms with E-state index in [4.69, 9.17) is 21.3 Å². The van der Waals surface area contributed by atoms with E-state index in [0.29, 0.717) is 34.6 Å². The van der Waals surface area contributed by atoms with Crippen LogP contribution < -0.4 is 10.3 Å². The highest BCUT2D eigenvalue weighted by molar-refractivity contribution is 6.32. The van der Waals surface area contributed by atoms with Gasteiger partial charge in [-0.1, -0.05) is 82.0 Å². The van der Waals surface area contributed by atoms with Gasteiger partial charge in [0, 0.05) is 18.2 Å². The number of pyridine rings is 1. The van der Waals surface area contributed by atoms with Crippen molar-refractivity contribution in [2.24, 2.45) is 0 Å². The fraction of sp³-hybridized carbons (Fsp3) is 0.371. The Kier molecular flexibility index (Phi) is 10.7. The molecule has 0 fully saturated rings. The highest BCUT2D eigenvalue weighted by atomic mass is 35.5. The van der Waals surface area contributed by atoms with Crippen LogP contribution in [0.1, 0.15) is 86.1 Å². The van der Waals surface area contributed by atoms with Gasteiger partial charge in [0.2, 0.25) is 0 Å². The van der Waals surface area contributed by atoms with E-state index in [2.05, 4.69) is 53.4 Å². The molecule has 9 nitrogen and oxygen atoms in total. The molecule has 3 heterocycles. The third-order valence-electron chi connectivity index (χ3n) is 7.76. The number of para-hydroxylation sites is 1. The Morgan fingerprint density at radius 2 is 1.64 bits per heavy atom. The van der Waals surface area contributed by atoms with Crippen molar-refractivity contribution < 1.29 is 4.74 Å². The molecule has 5 aromatic rings. The third kappa shape index (κ3) is 7.31. The van der Waals surface area contributed by atoms with Crippen LogP contribution in [0.2, 0.25) is 5.02 Å². The van der Waals surface area contributed by atoms with Crippen molar-refractivity contribution >= 4 is 11.6 Å². The average molecular weight is 626 g/mol. The van der Waals surface area contributed by atoms with E-state index in [1.165, 1.54) is 0 Å². The second kappa shape index (κ2) is 15.1. The predicted octanol–water partition coefficient (Wildman–Crippen LogP) is 6.98. The first-order valence-electron chi connectivity index (χ1n) is 15.8.